The molecule has 4 aliphatic rings. The number of hydrogen-bond donors (Lipinski definition) is 0. The van der Waals surface area contributed by atoms with Gasteiger partial charge in [0.1, 0.15) is 6.73 Å². The lowest BCUT2D eigenvalue weighted by molar-refractivity contribution is -0.241. The van der Waals surface area contributed by atoms with Gasteiger partial charge in [0.15, 0.2) is 11.2 Å². The second-order valence-electron chi connectivity index (χ2n) is 12.7. The summed E-state index contributed by atoms with van der Waals surface area (Å²) >= 11 is 0. The largest absolute Gasteiger partial charge is 0.361 e. The van der Waals surface area contributed by atoms with E-state index in [2.05, 4.69) is 30.3 Å². The van der Waals surface area contributed by atoms with E-state index in [0.29, 0.717) is 37.0 Å². The fourth-order valence-corrected chi connectivity index (χ4v) is 7.23. The predicted octanol–water partition coefficient (Wildman–Crippen LogP) is 2.12. The fourth-order valence-electron chi connectivity index (χ4n) is 7.23. The molecule has 43 heavy (non-hydrogen) atoms. The van der Waals surface area contributed by atoms with E-state index in [9.17, 15) is 9.59 Å². The number of aromatic nitrogens is 4. The molecule has 0 atom stereocenters. The second-order valence-corrected chi connectivity index (χ2v) is 12.7. The molecule has 13 nitrogen and oxygen atoms in total. The van der Waals surface area contributed by atoms with E-state index >= 15 is 0 Å². The second kappa shape index (κ2) is 14.2. The Morgan fingerprint density at radius 3 is 1.60 bits per heavy atom. The standard InChI is InChI=1S/C30H52N10O3/c1-32-27-26(28(41)33(2)30(32)42)38(29(31-27)40(36-19-11-5-12-20-36)37-21-13-6-14-22-37)23-24-43-25-39(34-15-7-3-8-16-34)35-17-9-4-10-18-35/h3-25H2,1-2H3. The molecule has 4 fully saturated rings. The summed E-state index contributed by atoms with van der Waals surface area (Å²) in [7, 11) is 3.27. The fraction of sp³-hybridized carbons (Fsp3) is 0.833. The Kier molecular flexibility index (Phi) is 10.2. The minimum Gasteiger partial charge on any atom is -0.361 e. The third kappa shape index (κ3) is 6.57. The van der Waals surface area contributed by atoms with Crippen molar-refractivity contribution in [1.82, 2.24) is 43.8 Å². The van der Waals surface area contributed by atoms with E-state index in [1.165, 1.54) is 60.5 Å². The van der Waals surface area contributed by atoms with E-state index < -0.39 is 0 Å². The molecule has 0 unspecified atom stereocenters. The normalized spacial score (nSPS) is 22.1. The summed E-state index contributed by atoms with van der Waals surface area (Å²) in [4.78, 5) is 31.6. The van der Waals surface area contributed by atoms with Gasteiger partial charge in [-0.2, -0.15) is 4.98 Å². The number of anilines is 1. The van der Waals surface area contributed by atoms with Gasteiger partial charge in [-0.1, -0.05) is 25.7 Å². The van der Waals surface area contributed by atoms with Gasteiger partial charge >= 0.3 is 5.69 Å². The summed E-state index contributed by atoms with van der Waals surface area (Å²) in [5.74, 6) is 0.713. The molecule has 0 radical (unpaired) electrons. The summed E-state index contributed by atoms with van der Waals surface area (Å²) in [6.45, 7) is 9.51. The van der Waals surface area contributed by atoms with Crippen molar-refractivity contribution in [2.45, 2.75) is 83.6 Å². The Morgan fingerprint density at radius 2 is 1.12 bits per heavy atom. The van der Waals surface area contributed by atoms with Crippen LogP contribution >= 0.6 is 0 Å². The summed E-state index contributed by atoms with van der Waals surface area (Å²) in [5.41, 5.74) is 0.236. The Balaban J connectivity index is 1.30. The van der Waals surface area contributed by atoms with Gasteiger partial charge in [-0.05, 0) is 51.4 Å². The van der Waals surface area contributed by atoms with Gasteiger partial charge in [0.25, 0.3) is 5.56 Å². The molecule has 13 heteroatoms. The number of fused-ring (bicyclic) bond motifs is 1. The molecular formula is C30H52N10O3. The van der Waals surface area contributed by atoms with Gasteiger partial charge in [0.2, 0.25) is 5.95 Å². The van der Waals surface area contributed by atoms with E-state index in [-0.39, 0.29) is 11.2 Å². The third-order valence-corrected chi connectivity index (χ3v) is 9.69. The first-order valence-electron chi connectivity index (χ1n) is 16.9. The summed E-state index contributed by atoms with van der Waals surface area (Å²) in [5, 5.41) is 14.3. The molecule has 0 aromatic carbocycles. The van der Waals surface area contributed by atoms with E-state index in [4.69, 9.17) is 9.72 Å². The van der Waals surface area contributed by atoms with Gasteiger partial charge in [-0.15, -0.1) is 5.12 Å². The number of hydrazine groups is 4. The number of nitrogens with zero attached hydrogens (tertiary/aromatic N) is 10. The number of hydrogen-bond acceptors (Lipinski definition) is 10. The van der Waals surface area contributed by atoms with Crippen molar-refractivity contribution in [1.29, 1.82) is 0 Å². The van der Waals surface area contributed by atoms with Crippen LogP contribution < -0.4 is 16.4 Å². The summed E-state index contributed by atoms with van der Waals surface area (Å²) in [6.07, 6.45) is 14.5. The lowest BCUT2D eigenvalue weighted by Gasteiger charge is -2.45. The SMILES string of the molecule is Cn1c(=O)c2c(nc(N(N3CCCCC3)N3CCCCC3)n2CCOCN(N2CCCCC2)N2CCCCC2)n(C)c1=O. The Bertz CT molecular complexity index is 1280. The van der Waals surface area contributed by atoms with Crippen molar-refractivity contribution in [3.05, 3.63) is 20.8 Å². The maximum absolute atomic E-state index is 13.6. The molecule has 0 bridgehead atoms. The van der Waals surface area contributed by atoms with Crippen LogP contribution in [0.5, 0.6) is 0 Å². The van der Waals surface area contributed by atoms with E-state index in [0.717, 1.165) is 78.0 Å². The van der Waals surface area contributed by atoms with Crippen LogP contribution in [0.3, 0.4) is 0 Å². The number of aryl methyl sites for hydroxylation is 1. The van der Waals surface area contributed by atoms with Crippen LogP contribution in [-0.4, -0.2) is 110 Å². The maximum atomic E-state index is 13.6. The zero-order valence-corrected chi connectivity index (χ0v) is 26.5. The molecule has 240 valence electrons. The average molecular weight is 601 g/mol. The number of ether oxygens (including phenoxy) is 1. The minimum atomic E-state index is -0.355. The number of piperidine rings is 4. The highest BCUT2D eigenvalue weighted by atomic mass is 16.5. The molecule has 6 rings (SSSR count). The van der Waals surface area contributed by atoms with Gasteiger partial charge in [-0.25, -0.2) is 29.9 Å². The molecule has 2 aromatic heterocycles. The van der Waals surface area contributed by atoms with Crippen molar-refractivity contribution >= 4 is 17.1 Å². The highest BCUT2D eigenvalue weighted by molar-refractivity contribution is 5.74. The lowest BCUT2D eigenvalue weighted by atomic mass is 10.1. The number of rotatable bonds is 10. The van der Waals surface area contributed by atoms with Gasteiger partial charge in [0.05, 0.1) is 6.61 Å². The van der Waals surface area contributed by atoms with Gasteiger partial charge in [-0.3, -0.25) is 18.5 Å². The Morgan fingerprint density at radius 1 is 0.651 bits per heavy atom. The summed E-state index contributed by atoms with van der Waals surface area (Å²) in [6, 6.07) is 0. The first-order valence-corrected chi connectivity index (χ1v) is 16.9. The van der Waals surface area contributed by atoms with Crippen LogP contribution in [-0.2, 0) is 25.4 Å². The smallest absolute Gasteiger partial charge is 0.332 e. The molecule has 0 aliphatic carbocycles. The van der Waals surface area contributed by atoms with Crippen LogP contribution in [0.15, 0.2) is 9.59 Å². The lowest BCUT2D eigenvalue weighted by Crippen LogP contribution is -2.57. The predicted molar refractivity (Wildman–Crippen MR) is 167 cm³/mol. The van der Waals surface area contributed by atoms with Crippen molar-refractivity contribution in [2.24, 2.45) is 14.1 Å². The first kappa shape index (κ1) is 30.7. The monoisotopic (exact) mass is 600 g/mol. The van der Waals surface area contributed by atoms with E-state index in [1.54, 1.807) is 14.1 Å². The molecule has 0 spiro atoms. The quantitative estimate of drug-likeness (QED) is 0.298. The average Bonchev–Trinajstić information content (AvgIpc) is 3.43. The molecule has 0 N–H and O–H groups in total. The van der Waals surface area contributed by atoms with Crippen LogP contribution in [0.2, 0.25) is 0 Å². The number of imidazole rings is 1. The molecule has 2 aromatic rings. The van der Waals surface area contributed by atoms with Gasteiger partial charge in [0, 0.05) is 73.0 Å². The van der Waals surface area contributed by atoms with E-state index in [1.807, 2.05) is 4.57 Å². The highest BCUT2D eigenvalue weighted by Gasteiger charge is 2.32. The highest BCUT2D eigenvalue weighted by Crippen LogP contribution is 2.27. The Labute approximate surface area is 255 Å². The van der Waals surface area contributed by atoms with Crippen LogP contribution in [0, 0.1) is 0 Å². The molecule has 4 aliphatic heterocycles. The van der Waals surface area contributed by atoms with Crippen LogP contribution in [0.4, 0.5) is 5.95 Å². The topological polar surface area (TPSA) is 90.5 Å². The zero-order chi connectivity index (χ0) is 29.8. The van der Waals surface area contributed by atoms with Crippen molar-refractivity contribution < 1.29 is 4.74 Å². The van der Waals surface area contributed by atoms with Crippen LogP contribution in [0.1, 0.15) is 77.0 Å². The van der Waals surface area contributed by atoms with Crippen molar-refractivity contribution in [3.63, 3.8) is 0 Å². The molecule has 4 saturated heterocycles. The maximum Gasteiger partial charge on any atom is 0.332 e. The third-order valence-electron chi connectivity index (χ3n) is 9.69. The molecule has 0 amide bonds. The Hall–Kier alpha value is -2.29. The zero-order valence-electron chi connectivity index (χ0n) is 26.5. The molecular weight excluding hydrogens is 548 g/mol. The van der Waals surface area contributed by atoms with Crippen LogP contribution in [0.25, 0.3) is 11.2 Å². The molecule has 6 heterocycles. The summed E-state index contributed by atoms with van der Waals surface area (Å²) < 4.78 is 11.2. The molecule has 0 saturated carbocycles. The first-order chi connectivity index (χ1) is 21.0. The van der Waals surface area contributed by atoms with Crippen molar-refractivity contribution in [2.75, 3.05) is 70.8 Å². The van der Waals surface area contributed by atoms with Crippen molar-refractivity contribution in [3.8, 4) is 0 Å². The van der Waals surface area contributed by atoms with Gasteiger partial charge < -0.3 is 4.74 Å². The minimum absolute atomic E-state index is 0.308.